The van der Waals surface area contributed by atoms with Crippen molar-refractivity contribution in [3.63, 3.8) is 0 Å². The fraction of sp³-hybridized carbons (Fsp3) is 0.500. The van der Waals surface area contributed by atoms with E-state index in [0.717, 1.165) is 5.56 Å². The topological polar surface area (TPSA) is 125 Å². The Balaban J connectivity index is 2.49. The first kappa shape index (κ1) is 14.0. The summed E-state index contributed by atoms with van der Waals surface area (Å²) >= 11 is 0. The van der Waals surface area contributed by atoms with Crippen LogP contribution in [-0.2, 0) is 11.3 Å². The number of amides is 2. The first-order valence-corrected chi connectivity index (χ1v) is 5.25. The molecule has 0 unspecified atom stereocenters. The minimum absolute atomic E-state index is 0.171. The molecule has 100 valence electrons. The number of rotatable bonds is 5. The van der Waals surface area contributed by atoms with Gasteiger partial charge in [-0.15, -0.1) is 0 Å². The van der Waals surface area contributed by atoms with Crippen molar-refractivity contribution in [3.05, 3.63) is 17.0 Å². The standard InChI is InChI=1S/C10H15N3O5/c1-5-7(6(2)18-13-5)3-11-10(17)12-8(4-14)9(15)16/h8,14H,3-4H2,1-2H3,(H,15,16)(H2,11,12,17)/t8-/m0/s1. The van der Waals surface area contributed by atoms with Crippen LogP contribution >= 0.6 is 0 Å². The smallest absolute Gasteiger partial charge is 0.328 e. The van der Waals surface area contributed by atoms with Crippen LogP contribution in [0, 0.1) is 13.8 Å². The molecule has 8 nitrogen and oxygen atoms in total. The molecule has 0 bridgehead atoms. The van der Waals surface area contributed by atoms with Crippen molar-refractivity contribution in [3.8, 4) is 0 Å². The highest BCUT2D eigenvalue weighted by molar-refractivity contribution is 5.82. The quantitative estimate of drug-likeness (QED) is 0.565. The molecule has 1 heterocycles. The number of nitrogens with one attached hydrogen (secondary N) is 2. The minimum atomic E-state index is -1.32. The van der Waals surface area contributed by atoms with Crippen LogP contribution in [0.15, 0.2) is 4.52 Å². The van der Waals surface area contributed by atoms with Crippen LogP contribution in [0.1, 0.15) is 17.0 Å². The lowest BCUT2D eigenvalue weighted by atomic mass is 10.2. The van der Waals surface area contributed by atoms with E-state index < -0.39 is 24.6 Å². The van der Waals surface area contributed by atoms with E-state index in [0.29, 0.717) is 11.5 Å². The van der Waals surface area contributed by atoms with Gasteiger partial charge < -0.3 is 25.4 Å². The third kappa shape index (κ3) is 3.45. The van der Waals surface area contributed by atoms with Crippen molar-refractivity contribution in [1.29, 1.82) is 0 Å². The molecular weight excluding hydrogens is 242 g/mol. The molecule has 0 radical (unpaired) electrons. The summed E-state index contributed by atoms with van der Waals surface area (Å²) in [6.45, 7) is 2.95. The molecule has 4 N–H and O–H groups in total. The average molecular weight is 257 g/mol. The number of aromatic nitrogens is 1. The van der Waals surface area contributed by atoms with Gasteiger partial charge in [-0.2, -0.15) is 0 Å². The molecule has 0 aliphatic carbocycles. The van der Waals surface area contributed by atoms with Crippen molar-refractivity contribution in [2.24, 2.45) is 0 Å². The van der Waals surface area contributed by atoms with Crippen molar-refractivity contribution in [2.45, 2.75) is 26.4 Å². The van der Waals surface area contributed by atoms with Gasteiger partial charge in [-0.1, -0.05) is 5.16 Å². The average Bonchev–Trinajstić information content (AvgIpc) is 2.63. The summed E-state index contributed by atoms with van der Waals surface area (Å²) in [6, 6.07) is -2.01. The summed E-state index contributed by atoms with van der Waals surface area (Å²) in [7, 11) is 0. The number of aliphatic carboxylic acids is 1. The Morgan fingerprint density at radius 3 is 2.56 bits per heavy atom. The number of carboxylic acids is 1. The van der Waals surface area contributed by atoms with E-state index >= 15 is 0 Å². The number of urea groups is 1. The third-order valence-electron chi connectivity index (χ3n) is 2.39. The van der Waals surface area contributed by atoms with Gasteiger partial charge in [0.2, 0.25) is 0 Å². The van der Waals surface area contributed by atoms with Crippen LogP contribution in [0.2, 0.25) is 0 Å². The number of hydrogen-bond acceptors (Lipinski definition) is 5. The molecule has 1 aromatic heterocycles. The highest BCUT2D eigenvalue weighted by Gasteiger charge is 2.19. The second kappa shape index (κ2) is 6.01. The Bertz CT molecular complexity index is 423. The van der Waals surface area contributed by atoms with Crippen LogP contribution in [0.5, 0.6) is 0 Å². The number of aliphatic hydroxyl groups excluding tert-OH is 1. The number of aryl methyl sites for hydroxylation is 2. The monoisotopic (exact) mass is 257 g/mol. The second-order valence-corrected chi connectivity index (χ2v) is 3.70. The fourth-order valence-corrected chi connectivity index (χ4v) is 1.32. The SMILES string of the molecule is Cc1noc(C)c1CNC(=O)N[C@@H](CO)C(=O)O. The summed E-state index contributed by atoms with van der Waals surface area (Å²) in [5.74, 6) is -0.713. The van der Waals surface area contributed by atoms with Crippen LogP contribution < -0.4 is 10.6 Å². The zero-order chi connectivity index (χ0) is 13.7. The molecule has 0 aliphatic rings. The Hall–Kier alpha value is -2.09. The first-order valence-electron chi connectivity index (χ1n) is 5.25. The van der Waals surface area contributed by atoms with Gasteiger partial charge in [0.05, 0.1) is 12.3 Å². The van der Waals surface area contributed by atoms with E-state index in [1.165, 1.54) is 0 Å². The molecule has 2 amide bonds. The zero-order valence-electron chi connectivity index (χ0n) is 10.1. The van der Waals surface area contributed by atoms with Gasteiger partial charge >= 0.3 is 12.0 Å². The fourth-order valence-electron chi connectivity index (χ4n) is 1.32. The van der Waals surface area contributed by atoms with E-state index in [1.54, 1.807) is 13.8 Å². The lowest BCUT2D eigenvalue weighted by molar-refractivity contribution is -0.140. The van der Waals surface area contributed by atoms with Crippen molar-refractivity contribution in [2.75, 3.05) is 6.61 Å². The number of carbonyl (C=O) groups is 2. The number of nitrogens with zero attached hydrogens (tertiary/aromatic N) is 1. The van der Waals surface area contributed by atoms with Crippen LogP contribution in [0.3, 0.4) is 0 Å². The summed E-state index contributed by atoms with van der Waals surface area (Å²) in [6.07, 6.45) is 0. The minimum Gasteiger partial charge on any atom is -0.480 e. The normalized spacial score (nSPS) is 11.9. The molecule has 0 aliphatic heterocycles. The molecule has 0 spiro atoms. The van der Waals surface area contributed by atoms with E-state index in [4.69, 9.17) is 14.7 Å². The zero-order valence-corrected chi connectivity index (χ0v) is 10.1. The molecule has 1 rings (SSSR count). The number of hydrogen-bond donors (Lipinski definition) is 4. The van der Waals surface area contributed by atoms with E-state index in [9.17, 15) is 9.59 Å². The molecule has 1 atom stereocenters. The predicted octanol–water partition coefficient (Wildman–Crippen LogP) is -0.464. The maximum Gasteiger partial charge on any atom is 0.328 e. The molecule has 0 aromatic carbocycles. The van der Waals surface area contributed by atoms with Gasteiger partial charge in [0.1, 0.15) is 5.76 Å². The Morgan fingerprint density at radius 1 is 1.44 bits per heavy atom. The Labute approximate surface area is 103 Å². The van der Waals surface area contributed by atoms with Gasteiger partial charge in [0.15, 0.2) is 6.04 Å². The van der Waals surface area contributed by atoms with Gasteiger partial charge in [0, 0.05) is 12.1 Å². The number of carbonyl (C=O) groups excluding carboxylic acids is 1. The van der Waals surface area contributed by atoms with Crippen molar-refractivity contribution >= 4 is 12.0 Å². The maximum absolute atomic E-state index is 11.4. The van der Waals surface area contributed by atoms with Crippen LogP contribution in [-0.4, -0.2) is 40.0 Å². The molecule has 0 saturated heterocycles. The number of carboxylic acid groups (broad SMARTS) is 1. The van der Waals surface area contributed by atoms with Gasteiger partial charge in [0.25, 0.3) is 0 Å². The van der Waals surface area contributed by atoms with Crippen LogP contribution in [0.25, 0.3) is 0 Å². The van der Waals surface area contributed by atoms with Crippen molar-refractivity contribution in [1.82, 2.24) is 15.8 Å². The lowest BCUT2D eigenvalue weighted by Crippen LogP contribution is -2.47. The highest BCUT2D eigenvalue weighted by Crippen LogP contribution is 2.11. The number of aliphatic hydroxyl groups is 1. The van der Waals surface area contributed by atoms with Gasteiger partial charge in [-0.25, -0.2) is 9.59 Å². The molecule has 0 saturated carbocycles. The molecular formula is C10H15N3O5. The van der Waals surface area contributed by atoms with Gasteiger partial charge in [-0.3, -0.25) is 0 Å². The highest BCUT2D eigenvalue weighted by atomic mass is 16.5. The van der Waals surface area contributed by atoms with Crippen LogP contribution in [0.4, 0.5) is 4.79 Å². The predicted molar refractivity (Wildman–Crippen MR) is 59.9 cm³/mol. The largest absolute Gasteiger partial charge is 0.480 e. The summed E-state index contributed by atoms with van der Waals surface area (Å²) in [5, 5.41) is 25.7. The Kier molecular flexibility index (Phi) is 4.67. The maximum atomic E-state index is 11.4. The van der Waals surface area contributed by atoms with Crippen molar-refractivity contribution < 1.29 is 24.3 Å². The molecule has 0 fully saturated rings. The lowest BCUT2D eigenvalue weighted by Gasteiger charge is -2.12. The summed E-state index contributed by atoms with van der Waals surface area (Å²) < 4.78 is 4.91. The van der Waals surface area contributed by atoms with E-state index in [1.807, 2.05) is 0 Å². The molecule has 8 heteroatoms. The van der Waals surface area contributed by atoms with E-state index in [2.05, 4.69) is 15.8 Å². The first-order chi connectivity index (χ1) is 8.45. The summed E-state index contributed by atoms with van der Waals surface area (Å²) in [4.78, 5) is 22.0. The third-order valence-corrected chi connectivity index (χ3v) is 2.39. The molecule has 1 aromatic rings. The Morgan fingerprint density at radius 2 is 2.11 bits per heavy atom. The molecule has 18 heavy (non-hydrogen) atoms. The summed E-state index contributed by atoms with van der Waals surface area (Å²) in [5.41, 5.74) is 1.39. The van der Waals surface area contributed by atoms with Gasteiger partial charge in [-0.05, 0) is 13.8 Å². The van der Waals surface area contributed by atoms with E-state index in [-0.39, 0.29) is 6.54 Å². The second-order valence-electron chi connectivity index (χ2n) is 3.70.